The monoisotopic (exact) mass is 385 g/mol. The molecule has 3 aromatic rings. The summed E-state index contributed by atoms with van der Waals surface area (Å²) in [5, 5.41) is 3.34. The molecule has 2 aromatic heterocycles. The van der Waals surface area contributed by atoms with Gasteiger partial charge in [-0.3, -0.25) is 14.2 Å². The highest BCUT2D eigenvalue weighted by atomic mass is 32.1. The third-order valence-corrected chi connectivity index (χ3v) is 4.97. The Labute approximate surface area is 160 Å². The number of nitrogens with zero attached hydrogens (tertiary/aromatic N) is 1. The normalized spacial score (nSPS) is 16.7. The van der Waals surface area contributed by atoms with Gasteiger partial charge in [-0.1, -0.05) is 0 Å². The van der Waals surface area contributed by atoms with Gasteiger partial charge in [-0.05, 0) is 55.4 Å². The van der Waals surface area contributed by atoms with Crippen LogP contribution < -0.4 is 10.9 Å². The molecular formula is C19H19N3O4S. The number of rotatable bonds is 5. The van der Waals surface area contributed by atoms with Crippen molar-refractivity contribution in [2.24, 2.45) is 0 Å². The second kappa shape index (κ2) is 7.50. The van der Waals surface area contributed by atoms with Crippen molar-refractivity contribution in [3.05, 3.63) is 63.0 Å². The molecule has 1 fully saturated rings. The van der Waals surface area contributed by atoms with Crippen LogP contribution in [0.5, 0.6) is 0 Å². The SMILES string of the molecule is O=C(NCC1CCCO1)c1ccc2c(=O)n(Cc3ccco3)c(=S)[nH]c2c1. The molecule has 0 radical (unpaired) electrons. The topological polar surface area (TPSA) is 89.3 Å². The van der Waals surface area contributed by atoms with E-state index in [4.69, 9.17) is 21.4 Å². The van der Waals surface area contributed by atoms with Gasteiger partial charge in [-0.15, -0.1) is 0 Å². The van der Waals surface area contributed by atoms with Crippen molar-refractivity contribution < 1.29 is 13.9 Å². The van der Waals surface area contributed by atoms with E-state index >= 15 is 0 Å². The van der Waals surface area contributed by atoms with Crippen LogP contribution in [-0.4, -0.2) is 34.7 Å². The molecule has 3 heterocycles. The number of hydrogen-bond donors (Lipinski definition) is 2. The smallest absolute Gasteiger partial charge is 0.262 e. The van der Waals surface area contributed by atoms with Crippen molar-refractivity contribution in [3.8, 4) is 0 Å². The molecule has 1 aliphatic heterocycles. The van der Waals surface area contributed by atoms with E-state index in [1.807, 2.05) is 0 Å². The third-order valence-electron chi connectivity index (χ3n) is 4.65. The fourth-order valence-corrected chi connectivity index (χ4v) is 3.47. The highest BCUT2D eigenvalue weighted by Crippen LogP contribution is 2.13. The summed E-state index contributed by atoms with van der Waals surface area (Å²) in [5.74, 6) is 0.438. The van der Waals surface area contributed by atoms with E-state index in [1.165, 1.54) is 4.57 Å². The van der Waals surface area contributed by atoms with Crippen molar-refractivity contribution in [2.75, 3.05) is 13.2 Å². The molecule has 0 saturated carbocycles. The Morgan fingerprint density at radius 2 is 2.26 bits per heavy atom. The van der Waals surface area contributed by atoms with Crippen LogP contribution in [0.3, 0.4) is 0 Å². The molecule has 27 heavy (non-hydrogen) atoms. The van der Waals surface area contributed by atoms with Crippen LogP contribution in [0.2, 0.25) is 0 Å². The quantitative estimate of drug-likeness (QED) is 0.659. The van der Waals surface area contributed by atoms with Gasteiger partial charge >= 0.3 is 0 Å². The Kier molecular flexibility index (Phi) is 4.91. The second-order valence-corrected chi connectivity index (χ2v) is 6.89. The number of carbonyl (C=O) groups excluding carboxylic acids is 1. The zero-order valence-corrected chi connectivity index (χ0v) is 15.4. The molecule has 4 rings (SSSR count). The third kappa shape index (κ3) is 3.72. The van der Waals surface area contributed by atoms with Crippen LogP contribution in [0.4, 0.5) is 0 Å². The number of H-pyrrole nitrogens is 1. The van der Waals surface area contributed by atoms with Crippen LogP contribution in [0.15, 0.2) is 45.8 Å². The summed E-state index contributed by atoms with van der Waals surface area (Å²) in [6.45, 7) is 1.48. The molecule has 2 N–H and O–H groups in total. The van der Waals surface area contributed by atoms with E-state index in [2.05, 4.69) is 10.3 Å². The molecule has 1 amide bonds. The molecule has 1 aromatic carbocycles. The lowest BCUT2D eigenvalue weighted by molar-refractivity contribution is 0.0858. The summed E-state index contributed by atoms with van der Waals surface area (Å²) in [4.78, 5) is 28.2. The van der Waals surface area contributed by atoms with Crippen LogP contribution in [0, 0.1) is 4.77 Å². The Hall–Kier alpha value is -2.71. The van der Waals surface area contributed by atoms with E-state index in [0.29, 0.717) is 28.8 Å². The lowest BCUT2D eigenvalue weighted by Gasteiger charge is -2.11. The number of carbonyl (C=O) groups is 1. The molecule has 140 valence electrons. The molecule has 0 aliphatic carbocycles. The number of aromatic amines is 1. The second-order valence-electron chi connectivity index (χ2n) is 6.51. The average Bonchev–Trinajstić information content (AvgIpc) is 3.36. The first-order valence-corrected chi connectivity index (χ1v) is 9.22. The summed E-state index contributed by atoms with van der Waals surface area (Å²) < 4.78 is 12.5. The molecule has 8 heteroatoms. The number of ether oxygens (including phenoxy) is 1. The van der Waals surface area contributed by atoms with Gasteiger partial charge in [0.05, 0.1) is 29.8 Å². The highest BCUT2D eigenvalue weighted by molar-refractivity contribution is 7.71. The van der Waals surface area contributed by atoms with E-state index in [9.17, 15) is 9.59 Å². The van der Waals surface area contributed by atoms with Gasteiger partial charge in [0.15, 0.2) is 4.77 Å². The van der Waals surface area contributed by atoms with Gasteiger partial charge in [0.1, 0.15) is 5.76 Å². The van der Waals surface area contributed by atoms with Gasteiger partial charge in [-0.25, -0.2) is 0 Å². The standard InChI is InChI=1S/C19H19N3O4S/c23-17(20-10-13-3-1-7-25-13)12-5-6-15-16(9-12)21-19(27)22(18(15)24)11-14-4-2-8-26-14/h2,4-6,8-9,13H,1,3,7,10-11H2,(H,20,23)(H,21,27). The van der Waals surface area contributed by atoms with Crippen LogP contribution in [0.25, 0.3) is 10.9 Å². The van der Waals surface area contributed by atoms with Gasteiger partial charge in [0, 0.05) is 18.7 Å². The first kappa shape index (κ1) is 17.7. The maximum absolute atomic E-state index is 12.8. The predicted molar refractivity (Wildman–Crippen MR) is 103 cm³/mol. The van der Waals surface area contributed by atoms with E-state index in [1.54, 1.807) is 36.6 Å². The van der Waals surface area contributed by atoms with Crippen molar-refractivity contribution in [2.45, 2.75) is 25.5 Å². The largest absolute Gasteiger partial charge is 0.467 e. The Bertz CT molecular complexity index is 1080. The minimum Gasteiger partial charge on any atom is -0.467 e. The van der Waals surface area contributed by atoms with Gasteiger partial charge in [0.2, 0.25) is 0 Å². The number of fused-ring (bicyclic) bond motifs is 1. The van der Waals surface area contributed by atoms with E-state index in [0.717, 1.165) is 19.4 Å². The number of furan rings is 1. The van der Waals surface area contributed by atoms with E-state index < -0.39 is 0 Å². The molecular weight excluding hydrogens is 366 g/mol. The summed E-state index contributed by atoms with van der Waals surface area (Å²) in [7, 11) is 0. The Balaban J connectivity index is 1.60. The number of benzene rings is 1. The average molecular weight is 385 g/mol. The summed E-state index contributed by atoms with van der Waals surface area (Å²) in [5.41, 5.74) is 0.774. The first-order chi connectivity index (χ1) is 13.1. The van der Waals surface area contributed by atoms with Crippen LogP contribution in [0.1, 0.15) is 29.0 Å². The molecule has 1 unspecified atom stereocenters. The fourth-order valence-electron chi connectivity index (χ4n) is 3.21. The summed E-state index contributed by atoms with van der Waals surface area (Å²) in [6.07, 6.45) is 3.61. The van der Waals surface area contributed by atoms with Gasteiger partial charge < -0.3 is 19.5 Å². The van der Waals surface area contributed by atoms with Crippen molar-refractivity contribution >= 4 is 29.0 Å². The number of amides is 1. The summed E-state index contributed by atoms with van der Waals surface area (Å²) in [6, 6.07) is 8.47. The fraction of sp³-hybridized carbons (Fsp3) is 0.316. The van der Waals surface area contributed by atoms with Crippen LogP contribution in [-0.2, 0) is 11.3 Å². The summed E-state index contributed by atoms with van der Waals surface area (Å²) >= 11 is 5.32. The maximum Gasteiger partial charge on any atom is 0.262 e. The van der Waals surface area contributed by atoms with Crippen molar-refractivity contribution in [1.29, 1.82) is 0 Å². The zero-order chi connectivity index (χ0) is 18.8. The minimum absolute atomic E-state index is 0.0778. The molecule has 1 saturated heterocycles. The zero-order valence-electron chi connectivity index (χ0n) is 14.6. The predicted octanol–water partition coefficient (Wildman–Crippen LogP) is 2.61. The molecule has 0 bridgehead atoms. The molecule has 1 atom stereocenters. The van der Waals surface area contributed by atoms with Crippen molar-refractivity contribution in [3.63, 3.8) is 0 Å². The minimum atomic E-state index is -0.225. The Morgan fingerprint density at radius 3 is 3.00 bits per heavy atom. The highest BCUT2D eigenvalue weighted by Gasteiger charge is 2.17. The first-order valence-electron chi connectivity index (χ1n) is 8.81. The molecule has 7 nitrogen and oxygen atoms in total. The molecule has 1 aliphatic rings. The van der Waals surface area contributed by atoms with E-state index in [-0.39, 0.29) is 28.9 Å². The Morgan fingerprint density at radius 1 is 1.37 bits per heavy atom. The lowest BCUT2D eigenvalue weighted by atomic mass is 10.1. The molecule has 0 spiro atoms. The van der Waals surface area contributed by atoms with Gasteiger partial charge in [0.25, 0.3) is 11.5 Å². The van der Waals surface area contributed by atoms with Gasteiger partial charge in [-0.2, -0.15) is 0 Å². The number of aromatic nitrogens is 2. The van der Waals surface area contributed by atoms with Crippen LogP contribution >= 0.6 is 12.2 Å². The number of hydrogen-bond acceptors (Lipinski definition) is 5. The van der Waals surface area contributed by atoms with Crippen molar-refractivity contribution in [1.82, 2.24) is 14.9 Å². The maximum atomic E-state index is 12.8. The number of nitrogens with one attached hydrogen (secondary N) is 2. The lowest BCUT2D eigenvalue weighted by Crippen LogP contribution is -2.31.